The highest BCUT2D eigenvalue weighted by Crippen LogP contribution is 2.30. The summed E-state index contributed by atoms with van der Waals surface area (Å²) in [5, 5.41) is 7.20. The number of benzene rings is 3. The van der Waals surface area contributed by atoms with Crippen molar-refractivity contribution < 1.29 is 9.59 Å². The van der Waals surface area contributed by atoms with Crippen LogP contribution in [0.1, 0.15) is 31.3 Å². The van der Waals surface area contributed by atoms with Crippen molar-refractivity contribution in [2.24, 2.45) is 0 Å². The third-order valence-corrected chi connectivity index (χ3v) is 6.41. The molecule has 0 radical (unpaired) electrons. The van der Waals surface area contributed by atoms with Gasteiger partial charge in [-0.3, -0.25) is 9.59 Å². The predicted molar refractivity (Wildman–Crippen MR) is 131 cm³/mol. The van der Waals surface area contributed by atoms with Gasteiger partial charge in [0.15, 0.2) is 0 Å². The first-order chi connectivity index (χ1) is 15.4. The van der Waals surface area contributed by atoms with Crippen LogP contribution in [0.4, 0.5) is 11.4 Å². The number of hydrogen-bond acceptors (Lipinski definition) is 4. The average molecular weight is 462 g/mol. The third-order valence-electron chi connectivity index (χ3n) is 4.95. The second kappa shape index (κ2) is 9.34. The van der Waals surface area contributed by atoms with E-state index in [9.17, 15) is 9.59 Å². The van der Waals surface area contributed by atoms with Gasteiger partial charge >= 0.3 is 0 Å². The minimum absolute atomic E-state index is 0.233. The Morgan fingerprint density at radius 3 is 2.28 bits per heavy atom. The molecule has 0 spiro atoms. The lowest BCUT2D eigenvalue weighted by atomic mass is 10.1. The molecule has 0 atom stereocenters. The fourth-order valence-electron chi connectivity index (χ4n) is 3.24. The number of thiazole rings is 1. The topological polar surface area (TPSA) is 71.1 Å². The Labute approximate surface area is 195 Å². The van der Waals surface area contributed by atoms with Crippen molar-refractivity contribution in [3.63, 3.8) is 0 Å². The second-order valence-corrected chi connectivity index (χ2v) is 8.63. The maximum atomic E-state index is 13.0. The van der Waals surface area contributed by atoms with E-state index in [0.29, 0.717) is 38.1 Å². The van der Waals surface area contributed by atoms with Crippen LogP contribution < -0.4 is 10.6 Å². The van der Waals surface area contributed by atoms with E-state index in [2.05, 4.69) is 15.6 Å². The molecule has 1 aromatic heterocycles. The van der Waals surface area contributed by atoms with Crippen LogP contribution in [0.25, 0.3) is 10.6 Å². The van der Waals surface area contributed by atoms with Gasteiger partial charge in [-0.25, -0.2) is 4.98 Å². The molecule has 160 valence electrons. The number of aromatic nitrogens is 1. The van der Waals surface area contributed by atoms with Gasteiger partial charge < -0.3 is 10.6 Å². The first-order valence-electron chi connectivity index (χ1n) is 9.93. The van der Waals surface area contributed by atoms with E-state index in [1.54, 1.807) is 37.3 Å². The van der Waals surface area contributed by atoms with Crippen molar-refractivity contribution >= 4 is 46.1 Å². The van der Waals surface area contributed by atoms with E-state index in [-0.39, 0.29) is 11.8 Å². The van der Waals surface area contributed by atoms with Crippen molar-refractivity contribution in [2.75, 3.05) is 10.6 Å². The van der Waals surface area contributed by atoms with E-state index in [1.165, 1.54) is 11.3 Å². The number of hydrogen-bond donors (Lipinski definition) is 2. The smallest absolute Gasteiger partial charge is 0.267 e. The quantitative estimate of drug-likeness (QED) is 0.352. The van der Waals surface area contributed by atoms with E-state index in [0.717, 1.165) is 10.6 Å². The van der Waals surface area contributed by atoms with E-state index in [1.807, 2.05) is 49.4 Å². The fraction of sp³-hybridized carbons (Fsp3) is 0.0800. The highest BCUT2D eigenvalue weighted by atomic mass is 35.5. The molecule has 0 aliphatic rings. The highest BCUT2D eigenvalue weighted by Gasteiger charge is 2.19. The van der Waals surface area contributed by atoms with Crippen molar-refractivity contribution in [3.8, 4) is 10.6 Å². The SMILES string of the molecule is Cc1nc(-c2ccc(Cl)cc2)sc1C(=O)Nc1cccc(C(=O)Nc2ccccc2)c1C. The lowest BCUT2D eigenvalue weighted by Gasteiger charge is -2.12. The summed E-state index contributed by atoms with van der Waals surface area (Å²) in [6.45, 7) is 3.62. The fourth-order valence-corrected chi connectivity index (χ4v) is 4.33. The predicted octanol–water partition coefficient (Wildman–Crippen LogP) is 6.58. The number of nitrogens with zero attached hydrogens (tertiary/aromatic N) is 1. The lowest BCUT2D eigenvalue weighted by molar-refractivity contribution is 0.101. The van der Waals surface area contributed by atoms with Crippen molar-refractivity contribution in [1.82, 2.24) is 4.98 Å². The second-order valence-electron chi connectivity index (χ2n) is 7.19. The van der Waals surface area contributed by atoms with Gasteiger partial charge in [0.05, 0.1) is 5.69 Å². The van der Waals surface area contributed by atoms with Crippen LogP contribution in [0.5, 0.6) is 0 Å². The Kier molecular flexibility index (Phi) is 6.35. The zero-order chi connectivity index (χ0) is 22.7. The van der Waals surface area contributed by atoms with Gasteiger partial charge in [0.1, 0.15) is 9.88 Å². The summed E-state index contributed by atoms with van der Waals surface area (Å²) >= 11 is 7.28. The first-order valence-corrected chi connectivity index (χ1v) is 11.1. The van der Waals surface area contributed by atoms with Crippen LogP contribution in [0, 0.1) is 13.8 Å². The van der Waals surface area contributed by atoms with Gasteiger partial charge in [-0.2, -0.15) is 0 Å². The van der Waals surface area contributed by atoms with Crippen LogP contribution in [0.2, 0.25) is 5.02 Å². The molecule has 0 fully saturated rings. The van der Waals surface area contributed by atoms with Crippen LogP contribution in [0.15, 0.2) is 72.8 Å². The number of amides is 2. The molecular formula is C25H20ClN3O2S. The Bertz CT molecular complexity index is 1280. The number of rotatable bonds is 5. The van der Waals surface area contributed by atoms with Crippen LogP contribution in [0.3, 0.4) is 0 Å². The highest BCUT2D eigenvalue weighted by molar-refractivity contribution is 7.17. The van der Waals surface area contributed by atoms with Gasteiger partial charge in [0.25, 0.3) is 11.8 Å². The molecule has 0 bridgehead atoms. The Morgan fingerprint density at radius 1 is 0.844 bits per heavy atom. The molecule has 0 aliphatic carbocycles. The molecule has 4 rings (SSSR count). The number of halogens is 1. The van der Waals surface area contributed by atoms with Crippen LogP contribution in [-0.2, 0) is 0 Å². The molecule has 5 nitrogen and oxygen atoms in total. The zero-order valence-corrected chi connectivity index (χ0v) is 19.1. The summed E-state index contributed by atoms with van der Waals surface area (Å²) in [6, 6.07) is 21.9. The molecule has 3 aromatic carbocycles. The Balaban J connectivity index is 1.54. The zero-order valence-electron chi connectivity index (χ0n) is 17.5. The Morgan fingerprint density at radius 2 is 1.56 bits per heavy atom. The van der Waals surface area contributed by atoms with Crippen molar-refractivity contribution in [2.45, 2.75) is 13.8 Å². The van der Waals surface area contributed by atoms with E-state index >= 15 is 0 Å². The van der Waals surface area contributed by atoms with Crippen molar-refractivity contribution in [1.29, 1.82) is 0 Å². The number of nitrogens with one attached hydrogen (secondary N) is 2. The largest absolute Gasteiger partial charge is 0.322 e. The molecular weight excluding hydrogens is 442 g/mol. The first kappa shape index (κ1) is 21.7. The molecule has 4 aromatic rings. The number of carbonyl (C=O) groups is 2. The molecule has 2 N–H and O–H groups in total. The summed E-state index contributed by atoms with van der Waals surface area (Å²) in [4.78, 5) is 30.8. The van der Waals surface area contributed by atoms with E-state index < -0.39 is 0 Å². The normalized spacial score (nSPS) is 10.6. The third kappa shape index (κ3) is 4.72. The summed E-state index contributed by atoms with van der Waals surface area (Å²) < 4.78 is 0. The van der Waals surface area contributed by atoms with Gasteiger partial charge in [0, 0.05) is 27.5 Å². The summed E-state index contributed by atoms with van der Waals surface area (Å²) in [5.41, 5.74) is 4.02. The van der Waals surface area contributed by atoms with E-state index in [4.69, 9.17) is 11.6 Å². The summed E-state index contributed by atoms with van der Waals surface area (Å²) in [6.07, 6.45) is 0. The minimum Gasteiger partial charge on any atom is -0.322 e. The molecule has 0 saturated heterocycles. The Hall–Kier alpha value is -3.48. The van der Waals surface area contributed by atoms with Crippen molar-refractivity contribution in [3.05, 3.63) is 99.5 Å². The van der Waals surface area contributed by atoms with Crippen LogP contribution in [-0.4, -0.2) is 16.8 Å². The lowest BCUT2D eigenvalue weighted by Crippen LogP contribution is -2.16. The van der Waals surface area contributed by atoms with Gasteiger partial charge in [-0.15, -0.1) is 11.3 Å². The maximum Gasteiger partial charge on any atom is 0.267 e. The number of anilines is 2. The summed E-state index contributed by atoms with van der Waals surface area (Å²) in [5.74, 6) is -0.493. The van der Waals surface area contributed by atoms with Gasteiger partial charge in [-0.05, 0) is 55.8 Å². The standard InChI is InChI=1S/C25H20ClN3O2S/c1-15-20(23(30)28-19-7-4-3-5-8-19)9-6-10-21(15)29-24(31)22-16(2)27-25(32-22)17-11-13-18(26)14-12-17/h3-14H,1-2H3,(H,28,30)(H,29,31). The molecule has 7 heteroatoms. The minimum atomic E-state index is -0.260. The molecule has 0 unspecified atom stereocenters. The molecule has 32 heavy (non-hydrogen) atoms. The maximum absolute atomic E-state index is 13.0. The number of para-hydroxylation sites is 1. The molecule has 1 heterocycles. The number of carbonyl (C=O) groups excluding carboxylic acids is 2. The number of aryl methyl sites for hydroxylation is 1. The molecule has 0 saturated carbocycles. The molecule has 2 amide bonds. The van der Waals surface area contributed by atoms with Crippen LogP contribution >= 0.6 is 22.9 Å². The summed E-state index contributed by atoms with van der Waals surface area (Å²) in [7, 11) is 0. The monoisotopic (exact) mass is 461 g/mol. The van der Waals surface area contributed by atoms with Gasteiger partial charge in [-0.1, -0.05) is 48.0 Å². The van der Waals surface area contributed by atoms with Gasteiger partial charge in [0.2, 0.25) is 0 Å². The average Bonchev–Trinajstić information content (AvgIpc) is 3.18. The molecule has 0 aliphatic heterocycles.